The van der Waals surface area contributed by atoms with Crippen molar-refractivity contribution in [3.8, 4) is 5.75 Å². The molecule has 1 aromatic rings. The summed E-state index contributed by atoms with van der Waals surface area (Å²) in [6, 6.07) is 7.32. The number of phenolic OH excluding ortho intramolecular Hbond substituents is 1. The van der Waals surface area contributed by atoms with Crippen molar-refractivity contribution >= 4 is 0 Å². The minimum Gasteiger partial charge on any atom is -0.508 e. The highest BCUT2D eigenvalue weighted by Gasteiger charge is 2.15. The maximum Gasteiger partial charge on any atom is 0.115 e. The lowest BCUT2D eigenvalue weighted by Crippen LogP contribution is -2.32. The largest absolute Gasteiger partial charge is 0.508 e. The van der Waals surface area contributed by atoms with Crippen LogP contribution in [0.1, 0.15) is 11.7 Å². The third-order valence-electron chi connectivity index (χ3n) is 2.17. The van der Waals surface area contributed by atoms with Crippen LogP contribution >= 0.6 is 0 Å². The molecule has 0 saturated carbocycles. The smallest absolute Gasteiger partial charge is 0.115 e. The van der Waals surface area contributed by atoms with E-state index in [9.17, 15) is 5.11 Å². The number of benzene rings is 1. The standard InChI is InChI=1S/C11H18N2O/c1-12(2)11(13(3)4)9-5-7-10(14)8-6-9/h5-8,11,14H,1-4H3. The number of nitrogens with zero attached hydrogens (tertiary/aromatic N) is 2. The van der Waals surface area contributed by atoms with E-state index in [4.69, 9.17) is 0 Å². The summed E-state index contributed by atoms with van der Waals surface area (Å²) in [5.41, 5.74) is 1.18. The van der Waals surface area contributed by atoms with E-state index >= 15 is 0 Å². The molecule has 1 rings (SSSR count). The van der Waals surface area contributed by atoms with E-state index in [-0.39, 0.29) is 6.17 Å². The van der Waals surface area contributed by atoms with Gasteiger partial charge in [-0.05, 0) is 45.9 Å². The first-order valence-electron chi connectivity index (χ1n) is 4.64. The maximum atomic E-state index is 9.19. The topological polar surface area (TPSA) is 26.7 Å². The normalized spacial score (nSPS) is 11.6. The zero-order chi connectivity index (χ0) is 10.7. The van der Waals surface area contributed by atoms with Crippen LogP contribution in [-0.4, -0.2) is 43.1 Å². The van der Waals surface area contributed by atoms with E-state index in [2.05, 4.69) is 9.80 Å². The molecule has 0 aliphatic rings. The maximum absolute atomic E-state index is 9.19. The fraction of sp³-hybridized carbons (Fsp3) is 0.455. The molecule has 0 amide bonds. The highest BCUT2D eigenvalue weighted by molar-refractivity contribution is 5.27. The van der Waals surface area contributed by atoms with Gasteiger partial charge in [0.25, 0.3) is 0 Å². The second-order valence-electron chi connectivity index (χ2n) is 3.89. The van der Waals surface area contributed by atoms with Gasteiger partial charge in [-0.25, -0.2) is 0 Å². The van der Waals surface area contributed by atoms with Gasteiger partial charge in [0.2, 0.25) is 0 Å². The lowest BCUT2D eigenvalue weighted by molar-refractivity contribution is 0.131. The van der Waals surface area contributed by atoms with Crippen LogP contribution in [0.25, 0.3) is 0 Å². The van der Waals surface area contributed by atoms with Gasteiger partial charge in [-0.1, -0.05) is 12.1 Å². The summed E-state index contributed by atoms with van der Waals surface area (Å²) in [5, 5.41) is 9.19. The first-order chi connectivity index (χ1) is 6.52. The van der Waals surface area contributed by atoms with Gasteiger partial charge >= 0.3 is 0 Å². The van der Waals surface area contributed by atoms with Crippen molar-refractivity contribution in [2.75, 3.05) is 28.2 Å². The minimum atomic E-state index is 0.246. The van der Waals surface area contributed by atoms with Crippen LogP contribution < -0.4 is 0 Å². The molecule has 14 heavy (non-hydrogen) atoms. The van der Waals surface area contributed by atoms with Gasteiger partial charge in [-0.3, -0.25) is 9.80 Å². The number of hydrogen-bond donors (Lipinski definition) is 1. The Kier molecular flexibility index (Phi) is 3.49. The number of hydrogen-bond acceptors (Lipinski definition) is 3. The molecule has 1 N–H and O–H groups in total. The highest BCUT2D eigenvalue weighted by Crippen LogP contribution is 2.21. The molecule has 78 valence electrons. The van der Waals surface area contributed by atoms with Gasteiger partial charge in [0, 0.05) is 0 Å². The predicted octanol–water partition coefficient (Wildman–Crippen LogP) is 1.51. The van der Waals surface area contributed by atoms with Crippen molar-refractivity contribution in [1.29, 1.82) is 0 Å². The Labute approximate surface area is 85.6 Å². The quantitative estimate of drug-likeness (QED) is 0.739. The molecule has 0 bridgehead atoms. The van der Waals surface area contributed by atoms with Crippen LogP contribution in [0.2, 0.25) is 0 Å². The van der Waals surface area contributed by atoms with Crippen LogP contribution in [0.4, 0.5) is 0 Å². The monoisotopic (exact) mass is 194 g/mol. The number of aromatic hydroxyl groups is 1. The summed E-state index contributed by atoms with van der Waals surface area (Å²) < 4.78 is 0. The van der Waals surface area contributed by atoms with Crippen molar-refractivity contribution < 1.29 is 5.11 Å². The molecule has 0 unspecified atom stereocenters. The van der Waals surface area contributed by atoms with Crippen LogP contribution in [0.5, 0.6) is 5.75 Å². The van der Waals surface area contributed by atoms with Crippen LogP contribution in [0.3, 0.4) is 0 Å². The molecule has 0 atom stereocenters. The third-order valence-corrected chi connectivity index (χ3v) is 2.17. The molecular weight excluding hydrogens is 176 g/mol. The van der Waals surface area contributed by atoms with Gasteiger partial charge < -0.3 is 5.11 Å². The van der Waals surface area contributed by atoms with Crippen LogP contribution in [-0.2, 0) is 0 Å². The van der Waals surface area contributed by atoms with E-state index in [1.807, 2.05) is 40.3 Å². The lowest BCUT2D eigenvalue weighted by atomic mass is 10.1. The summed E-state index contributed by atoms with van der Waals surface area (Å²) in [6.45, 7) is 0. The summed E-state index contributed by atoms with van der Waals surface area (Å²) in [7, 11) is 8.16. The van der Waals surface area contributed by atoms with Gasteiger partial charge in [-0.15, -0.1) is 0 Å². The van der Waals surface area contributed by atoms with Gasteiger partial charge in [-0.2, -0.15) is 0 Å². The second-order valence-corrected chi connectivity index (χ2v) is 3.89. The fourth-order valence-electron chi connectivity index (χ4n) is 1.70. The summed E-state index contributed by atoms with van der Waals surface area (Å²) in [5.74, 6) is 0.310. The summed E-state index contributed by atoms with van der Waals surface area (Å²) in [6.07, 6.45) is 0.246. The summed E-state index contributed by atoms with van der Waals surface area (Å²) in [4.78, 5) is 4.26. The van der Waals surface area contributed by atoms with Crippen molar-refractivity contribution in [2.45, 2.75) is 6.17 Å². The molecule has 0 aromatic heterocycles. The zero-order valence-corrected chi connectivity index (χ0v) is 9.23. The van der Waals surface area contributed by atoms with Crippen LogP contribution in [0.15, 0.2) is 24.3 Å². The van der Waals surface area contributed by atoms with E-state index in [0.29, 0.717) is 5.75 Å². The van der Waals surface area contributed by atoms with Gasteiger partial charge in [0.15, 0.2) is 0 Å². The molecule has 0 aliphatic heterocycles. The highest BCUT2D eigenvalue weighted by atomic mass is 16.3. The molecule has 0 aliphatic carbocycles. The minimum absolute atomic E-state index is 0.246. The Balaban J connectivity index is 2.94. The molecule has 3 heteroatoms. The molecule has 3 nitrogen and oxygen atoms in total. The Morgan fingerprint density at radius 2 is 1.36 bits per heavy atom. The Hall–Kier alpha value is -1.06. The van der Waals surface area contributed by atoms with Crippen molar-refractivity contribution in [2.24, 2.45) is 0 Å². The fourth-order valence-corrected chi connectivity index (χ4v) is 1.70. The van der Waals surface area contributed by atoms with Crippen molar-refractivity contribution in [3.63, 3.8) is 0 Å². The zero-order valence-electron chi connectivity index (χ0n) is 9.23. The average Bonchev–Trinajstić information content (AvgIpc) is 2.07. The number of phenols is 1. The third kappa shape index (κ3) is 2.47. The lowest BCUT2D eigenvalue weighted by Gasteiger charge is -2.30. The van der Waals surface area contributed by atoms with E-state index in [1.54, 1.807) is 12.1 Å². The van der Waals surface area contributed by atoms with Gasteiger partial charge in [0.1, 0.15) is 5.75 Å². The molecule has 0 spiro atoms. The molecule has 0 radical (unpaired) electrons. The van der Waals surface area contributed by atoms with E-state index < -0.39 is 0 Å². The predicted molar refractivity (Wildman–Crippen MR) is 58.2 cm³/mol. The Morgan fingerprint density at radius 3 is 1.71 bits per heavy atom. The molecular formula is C11H18N2O. The van der Waals surface area contributed by atoms with E-state index in [1.165, 1.54) is 5.56 Å². The van der Waals surface area contributed by atoms with E-state index in [0.717, 1.165) is 0 Å². The summed E-state index contributed by atoms with van der Waals surface area (Å²) >= 11 is 0. The Morgan fingerprint density at radius 1 is 0.929 bits per heavy atom. The average molecular weight is 194 g/mol. The van der Waals surface area contributed by atoms with Crippen molar-refractivity contribution in [1.82, 2.24) is 9.80 Å². The first-order valence-corrected chi connectivity index (χ1v) is 4.64. The molecule has 1 aromatic carbocycles. The first kappa shape index (κ1) is 11.0. The number of rotatable bonds is 3. The Bertz CT molecular complexity index is 272. The van der Waals surface area contributed by atoms with Crippen LogP contribution in [0, 0.1) is 0 Å². The van der Waals surface area contributed by atoms with Crippen molar-refractivity contribution in [3.05, 3.63) is 29.8 Å². The van der Waals surface area contributed by atoms with Gasteiger partial charge in [0.05, 0.1) is 6.17 Å². The second kappa shape index (κ2) is 4.44. The molecule has 0 heterocycles. The SMILES string of the molecule is CN(C)C(c1ccc(O)cc1)N(C)C. The molecule has 0 fully saturated rings. The molecule has 0 saturated heterocycles.